The fourth-order valence-electron chi connectivity index (χ4n) is 2.21. The Hall–Kier alpha value is -2.51. The molecule has 7 heteroatoms. The number of benzene rings is 2. The van der Waals surface area contributed by atoms with Gasteiger partial charge in [-0.3, -0.25) is 14.5 Å². The lowest BCUT2D eigenvalue weighted by Gasteiger charge is -2.14. The molecular weight excluding hydrogens is 359 g/mol. The molecule has 1 aliphatic heterocycles. The second kappa shape index (κ2) is 7.58. The van der Waals surface area contributed by atoms with Gasteiger partial charge in [0.2, 0.25) is 5.91 Å². The molecule has 1 saturated heterocycles. The lowest BCUT2D eigenvalue weighted by atomic mass is 10.2. The normalized spacial score (nSPS) is 15.7. The molecule has 0 spiro atoms. The number of amides is 2. The Morgan fingerprint density at radius 1 is 1.16 bits per heavy atom. The number of halogens is 1. The fourth-order valence-corrected chi connectivity index (χ4v) is 3.47. The molecule has 1 fully saturated rings. The van der Waals surface area contributed by atoms with Crippen molar-refractivity contribution in [2.45, 2.75) is 0 Å². The van der Waals surface area contributed by atoms with E-state index in [-0.39, 0.29) is 24.2 Å². The summed E-state index contributed by atoms with van der Waals surface area (Å²) >= 11 is 6.33. The summed E-state index contributed by atoms with van der Waals surface area (Å²) < 4.78 is 13.3. The first kappa shape index (κ1) is 17.3. The van der Waals surface area contributed by atoms with Gasteiger partial charge in [0, 0.05) is 5.69 Å². The number of thiocarbonyl (C=S) groups is 1. The Morgan fingerprint density at radius 3 is 2.52 bits per heavy atom. The number of carbonyl (C=O) groups excluding carboxylic acids is 2. The molecule has 0 saturated carbocycles. The van der Waals surface area contributed by atoms with Crippen LogP contribution in [0.5, 0.6) is 0 Å². The number of hydrogen-bond acceptors (Lipinski definition) is 4. The van der Waals surface area contributed by atoms with Crippen molar-refractivity contribution in [1.82, 2.24) is 4.90 Å². The van der Waals surface area contributed by atoms with Crippen LogP contribution < -0.4 is 5.32 Å². The van der Waals surface area contributed by atoms with E-state index in [2.05, 4.69) is 5.32 Å². The van der Waals surface area contributed by atoms with Crippen LogP contribution in [0.2, 0.25) is 0 Å². The average molecular weight is 372 g/mol. The molecule has 4 nitrogen and oxygen atoms in total. The summed E-state index contributed by atoms with van der Waals surface area (Å²) in [7, 11) is 0. The Balaban J connectivity index is 1.69. The van der Waals surface area contributed by atoms with Crippen molar-refractivity contribution < 1.29 is 14.0 Å². The molecule has 1 N–H and O–H groups in total. The van der Waals surface area contributed by atoms with Crippen LogP contribution in [0.25, 0.3) is 6.08 Å². The van der Waals surface area contributed by atoms with Gasteiger partial charge in [-0.2, -0.15) is 0 Å². The molecular formula is C18H13FN2O2S2. The largest absolute Gasteiger partial charge is 0.325 e. The second-order valence-electron chi connectivity index (χ2n) is 5.23. The van der Waals surface area contributed by atoms with Gasteiger partial charge in [0.15, 0.2) is 0 Å². The predicted octanol–water partition coefficient (Wildman–Crippen LogP) is 3.67. The van der Waals surface area contributed by atoms with E-state index in [1.165, 1.54) is 17.0 Å². The zero-order chi connectivity index (χ0) is 17.8. The van der Waals surface area contributed by atoms with Gasteiger partial charge in [-0.15, -0.1) is 0 Å². The molecule has 0 aromatic heterocycles. The first-order chi connectivity index (χ1) is 12.0. The average Bonchev–Trinajstić information content (AvgIpc) is 2.85. The molecule has 2 amide bonds. The molecule has 3 rings (SSSR count). The third kappa shape index (κ3) is 4.32. The van der Waals surface area contributed by atoms with Crippen LogP contribution in [-0.2, 0) is 9.59 Å². The Bertz CT molecular complexity index is 851. The first-order valence-electron chi connectivity index (χ1n) is 7.39. The van der Waals surface area contributed by atoms with Crippen LogP contribution in [0.15, 0.2) is 59.5 Å². The summed E-state index contributed by atoms with van der Waals surface area (Å²) in [6.07, 6.45) is 1.63. The number of para-hydroxylation sites is 1. The van der Waals surface area contributed by atoms with Gasteiger partial charge in [-0.1, -0.05) is 54.3 Å². The van der Waals surface area contributed by atoms with E-state index in [9.17, 15) is 14.0 Å². The topological polar surface area (TPSA) is 49.4 Å². The van der Waals surface area contributed by atoms with Crippen LogP contribution in [0.1, 0.15) is 5.56 Å². The van der Waals surface area contributed by atoms with Gasteiger partial charge in [-0.05, 0) is 35.9 Å². The fraction of sp³-hybridized carbons (Fsp3) is 0.0556. The van der Waals surface area contributed by atoms with Crippen LogP contribution in [0, 0.1) is 5.82 Å². The summed E-state index contributed by atoms with van der Waals surface area (Å²) in [5, 5.41) is 2.72. The minimum atomic E-state index is -0.345. The monoisotopic (exact) mass is 372 g/mol. The predicted molar refractivity (Wildman–Crippen MR) is 101 cm³/mol. The number of hydrogen-bond donors (Lipinski definition) is 1. The van der Waals surface area contributed by atoms with Crippen LogP contribution in [-0.4, -0.2) is 27.6 Å². The lowest BCUT2D eigenvalue weighted by Crippen LogP contribution is -2.36. The number of rotatable bonds is 4. The van der Waals surface area contributed by atoms with Crippen LogP contribution in [0.4, 0.5) is 10.1 Å². The first-order valence-corrected chi connectivity index (χ1v) is 8.61. The highest BCUT2D eigenvalue weighted by Gasteiger charge is 2.33. The number of anilines is 1. The maximum Gasteiger partial charge on any atom is 0.266 e. The standard InChI is InChI=1S/C18H13FN2O2S2/c19-13-8-6-12(7-9-13)10-15-17(23)21(18(24)25-15)11-16(22)20-14-4-2-1-3-5-14/h1-10H,11H2,(H,20,22)/b15-10-. The zero-order valence-electron chi connectivity index (χ0n) is 12.9. The Morgan fingerprint density at radius 2 is 1.84 bits per heavy atom. The van der Waals surface area contributed by atoms with E-state index in [4.69, 9.17) is 12.2 Å². The maximum atomic E-state index is 13.0. The molecule has 2 aromatic rings. The van der Waals surface area contributed by atoms with E-state index in [0.29, 0.717) is 20.5 Å². The van der Waals surface area contributed by atoms with E-state index < -0.39 is 0 Å². The molecule has 126 valence electrons. The number of thioether (sulfide) groups is 1. The third-order valence-electron chi connectivity index (χ3n) is 3.40. The molecule has 25 heavy (non-hydrogen) atoms. The van der Waals surface area contributed by atoms with Crippen molar-refractivity contribution in [2.24, 2.45) is 0 Å². The highest BCUT2D eigenvalue weighted by Crippen LogP contribution is 2.32. The molecule has 1 heterocycles. The van der Waals surface area contributed by atoms with Gasteiger partial charge in [0.1, 0.15) is 16.7 Å². The third-order valence-corrected chi connectivity index (χ3v) is 4.78. The summed E-state index contributed by atoms with van der Waals surface area (Å²) in [4.78, 5) is 26.3. The number of carbonyl (C=O) groups is 2. The van der Waals surface area contributed by atoms with Gasteiger partial charge >= 0.3 is 0 Å². The van der Waals surface area contributed by atoms with Crippen LogP contribution in [0.3, 0.4) is 0 Å². The minimum Gasteiger partial charge on any atom is -0.325 e. The van der Waals surface area contributed by atoms with E-state index >= 15 is 0 Å². The van der Waals surface area contributed by atoms with Gasteiger partial charge in [0.25, 0.3) is 5.91 Å². The smallest absolute Gasteiger partial charge is 0.266 e. The summed E-state index contributed by atoms with van der Waals surface area (Å²) in [5.74, 6) is -1.00. The van der Waals surface area contributed by atoms with Crippen molar-refractivity contribution in [3.63, 3.8) is 0 Å². The molecule has 0 aliphatic carbocycles. The van der Waals surface area contributed by atoms with E-state index in [0.717, 1.165) is 11.8 Å². The van der Waals surface area contributed by atoms with E-state index in [1.54, 1.807) is 42.5 Å². The van der Waals surface area contributed by atoms with Crippen molar-refractivity contribution >= 4 is 51.9 Å². The van der Waals surface area contributed by atoms with Crippen molar-refractivity contribution in [3.8, 4) is 0 Å². The molecule has 2 aromatic carbocycles. The Kier molecular flexibility index (Phi) is 5.25. The molecule has 0 unspecified atom stereocenters. The maximum absolute atomic E-state index is 13.0. The second-order valence-corrected chi connectivity index (χ2v) is 6.91. The van der Waals surface area contributed by atoms with Crippen LogP contribution >= 0.6 is 24.0 Å². The van der Waals surface area contributed by atoms with Crippen molar-refractivity contribution in [1.29, 1.82) is 0 Å². The Labute approximate surface area is 153 Å². The highest BCUT2D eigenvalue weighted by atomic mass is 32.2. The summed E-state index contributed by atoms with van der Waals surface area (Å²) in [6, 6.07) is 14.8. The number of nitrogens with zero attached hydrogens (tertiary/aromatic N) is 1. The minimum absolute atomic E-state index is 0.152. The van der Waals surface area contributed by atoms with Gasteiger partial charge in [0.05, 0.1) is 4.91 Å². The molecule has 0 bridgehead atoms. The SMILES string of the molecule is O=C(CN1C(=O)/C(=C/c2ccc(F)cc2)SC1=S)Nc1ccccc1. The van der Waals surface area contributed by atoms with Gasteiger partial charge < -0.3 is 5.32 Å². The highest BCUT2D eigenvalue weighted by molar-refractivity contribution is 8.26. The molecule has 0 atom stereocenters. The summed E-state index contributed by atoms with van der Waals surface area (Å²) in [5.41, 5.74) is 1.34. The van der Waals surface area contributed by atoms with E-state index in [1.807, 2.05) is 6.07 Å². The quantitative estimate of drug-likeness (QED) is 0.657. The number of nitrogens with one attached hydrogen (secondary N) is 1. The summed E-state index contributed by atoms with van der Waals surface area (Å²) in [6.45, 7) is -0.152. The van der Waals surface area contributed by atoms with Gasteiger partial charge in [-0.25, -0.2) is 4.39 Å². The molecule has 0 radical (unpaired) electrons. The lowest BCUT2D eigenvalue weighted by molar-refractivity contribution is -0.126. The van der Waals surface area contributed by atoms with Crippen molar-refractivity contribution in [3.05, 3.63) is 70.9 Å². The molecule has 1 aliphatic rings. The van der Waals surface area contributed by atoms with Crippen molar-refractivity contribution in [2.75, 3.05) is 11.9 Å². The zero-order valence-corrected chi connectivity index (χ0v) is 14.6.